The lowest BCUT2D eigenvalue weighted by Crippen LogP contribution is -2.04. The molecule has 3 rings (SSSR count). The van der Waals surface area contributed by atoms with Crippen LogP contribution in [0.2, 0.25) is 0 Å². The first-order valence-electron chi connectivity index (χ1n) is 6.50. The number of nitro groups is 1. The highest BCUT2D eigenvalue weighted by Crippen LogP contribution is 2.36. The second-order valence-corrected chi connectivity index (χ2v) is 4.79. The van der Waals surface area contributed by atoms with E-state index in [0.717, 1.165) is 5.39 Å². The van der Waals surface area contributed by atoms with Crippen LogP contribution in [0, 0.1) is 10.1 Å². The van der Waals surface area contributed by atoms with Gasteiger partial charge in [-0.2, -0.15) is 0 Å². The van der Waals surface area contributed by atoms with Crippen LogP contribution in [0.5, 0.6) is 0 Å². The second-order valence-electron chi connectivity index (χ2n) is 4.79. The summed E-state index contributed by atoms with van der Waals surface area (Å²) in [5, 5.41) is 31.7. The molecular formula is C15H13NO5. The Morgan fingerprint density at radius 2 is 1.95 bits per heavy atom. The maximum atomic E-state index is 11.2. The number of rotatable bonds is 4. The van der Waals surface area contributed by atoms with E-state index in [1.54, 1.807) is 12.1 Å². The Kier molecular flexibility index (Phi) is 3.32. The van der Waals surface area contributed by atoms with Gasteiger partial charge in [-0.3, -0.25) is 10.1 Å². The summed E-state index contributed by atoms with van der Waals surface area (Å²) in [4.78, 5) is 10.6. The molecule has 0 spiro atoms. The van der Waals surface area contributed by atoms with Crippen LogP contribution in [0.15, 0.2) is 40.8 Å². The van der Waals surface area contributed by atoms with E-state index < -0.39 is 11.0 Å². The Morgan fingerprint density at radius 1 is 1.19 bits per heavy atom. The summed E-state index contributed by atoms with van der Waals surface area (Å²) in [5.74, 6) is 0. The number of aliphatic hydroxyl groups excluding tert-OH is 2. The van der Waals surface area contributed by atoms with E-state index in [1.807, 2.05) is 18.2 Å². The zero-order valence-electron chi connectivity index (χ0n) is 11.0. The van der Waals surface area contributed by atoms with E-state index in [4.69, 9.17) is 9.52 Å². The molecule has 6 heteroatoms. The van der Waals surface area contributed by atoms with Crippen molar-refractivity contribution >= 4 is 27.6 Å². The molecule has 21 heavy (non-hydrogen) atoms. The van der Waals surface area contributed by atoms with Gasteiger partial charge in [0.2, 0.25) is 0 Å². The van der Waals surface area contributed by atoms with Gasteiger partial charge in [0.05, 0.1) is 22.7 Å². The molecule has 2 N–H and O–H groups in total. The highest BCUT2D eigenvalue weighted by molar-refractivity contribution is 6.05. The van der Waals surface area contributed by atoms with Crippen molar-refractivity contribution in [2.75, 3.05) is 6.61 Å². The van der Waals surface area contributed by atoms with Crippen LogP contribution >= 0.6 is 0 Å². The summed E-state index contributed by atoms with van der Waals surface area (Å²) < 4.78 is 5.60. The van der Waals surface area contributed by atoms with E-state index in [1.165, 1.54) is 6.07 Å². The number of hydrogen-bond acceptors (Lipinski definition) is 5. The van der Waals surface area contributed by atoms with E-state index in [-0.39, 0.29) is 24.3 Å². The van der Waals surface area contributed by atoms with E-state index in [9.17, 15) is 15.2 Å². The van der Waals surface area contributed by atoms with Crippen molar-refractivity contribution in [2.24, 2.45) is 0 Å². The lowest BCUT2D eigenvalue weighted by molar-refractivity contribution is -0.386. The van der Waals surface area contributed by atoms with Crippen LogP contribution < -0.4 is 0 Å². The maximum absolute atomic E-state index is 11.2. The topological polar surface area (TPSA) is 96.7 Å². The lowest BCUT2D eigenvalue weighted by atomic mass is 10.0. The van der Waals surface area contributed by atoms with Gasteiger partial charge in [0.15, 0.2) is 0 Å². The molecule has 6 nitrogen and oxygen atoms in total. The monoisotopic (exact) mass is 287 g/mol. The molecule has 0 bridgehead atoms. The van der Waals surface area contributed by atoms with Gasteiger partial charge in [-0.05, 0) is 12.1 Å². The van der Waals surface area contributed by atoms with Crippen molar-refractivity contribution in [3.63, 3.8) is 0 Å². The molecule has 2 aromatic carbocycles. The average molecular weight is 287 g/mol. The lowest BCUT2D eigenvalue weighted by Gasteiger charge is -2.09. The minimum absolute atomic E-state index is 0.0438. The van der Waals surface area contributed by atoms with Crippen LogP contribution in [0.4, 0.5) is 5.69 Å². The zero-order valence-corrected chi connectivity index (χ0v) is 11.0. The van der Waals surface area contributed by atoms with Crippen molar-refractivity contribution in [3.8, 4) is 0 Å². The Balaban J connectivity index is 2.30. The molecule has 1 atom stereocenters. The predicted molar refractivity (Wildman–Crippen MR) is 77.0 cm³/mol. The summed E-state index contributed by atoms with van der Waals surface area (Å²) in [6, 6.07) is 10.2. The molecule has 0 aliphatic carbocycles. The normalized spacial score (nSPS) is 12.9. The third-order valence-electron chi connectivity index (χ3n) is 3.48. The molecular weight excluding hydrogens is 274 g/mol. The molecule has 0 saturated carbocycles. The standard InChI is InChI=1S/C15H13NO5/c17-6-5-13(18)11-7-10-9-3-1-2-4-14(9)21-15(10)8-12(11)16(19)20/h1-4,7-8,13,17-18H,5-6H2. The molecule has 1 heterocycles. The zero-order chi connectivity index (χ0) is 15.0. The van der Waals surface area contributed by atoms with E-state index in [0.29, 0.717) is 16.6 Å². The minimum atomic E-state index is -1.09. The minimum Gasteiger partial charge on any atom is -0.456 e. The van der Waals surface area contributed by atoms with E-state index in [2.05, 4.69) is 0 Å². The van der Waals surface area contributed by atoms with Gasteiger partial charge >= 0.3 is 0 Å². The van der Waals surface area contributed by atoms with Crippen molar-refractivity contribution < 1.29 is 19.6 Å². The van der Waals surface area contributed by atoms with E-state index >= 15 is 0 Å². The Bertz CT molecular complexity index is 823. The first-order valence-corrected chi connectivity index (χ1v) is 6.50. The van der Waals surface area contributed by atoms with Crippen LogP contribution in [0.25, 0.3) is 21.9 Å². The summed E-state index contributed by atoms with van der Waals surface area (Å²) in [5.41, 5.74) is 1.02. The van der Waals surface area contributed by atoms with Gasteiger partial charge in [-0.25, -0.2) is 0 Å². The molecule has 1 aromatic heterocycles. The SMILES string of the molecule is O=[N+]([O-])c1cc2oc3ccccc3c2cc1C(O)CCO. The van der Waals surface area contributed by atoms with Crippen LogP contribution in [-0.2, 0) is 0 Å². The summed E-state index contributed by atoms with van der Waals surface area (Å²) >= 11 is 0. The molecule has 3 aromatic rings. The highest BCUT2D eigenvalue weighted by atomic mass is 16.6. The fraction of sp³-hybridized carbons (Fsp3) is 0.200. The van der Waals surface area contributed by atoms with Crippen molar-refractivity contribution in [2.45, 2.75) is 12.5 Å². The molecule has 1 unspecified atom stereocenters. The summed E-state index contributed by atoms with van der Waals surface area (Å²) in [6.07, 6.45) is -1.05. The second kappa shape index (κ2) is 5.16. The third-order valence-corrected chi connectivity index (χ3v) is 3.48. The molecule has 0 aliphatic rings. The smallest absolute Gasteiger partial charge is 0.278 e. The Morgan fingerprint density at radius 3 is 2.67 bits per heavy atom. The molecule has 0 radical (unpaired) electrons. The molecule has 0 fully saturated rings. The number of furan rings is 1. The first kappa shape index (κ1) is 13.5. The highest BCUT2D eigenvalue weighted by Gasteiger charge is 2.23. The van der Waals surface area contributed by atoms with Gasteiger partial charge in [0.25, 0.3) is 5.69 Å². The molecule has 0 amide bonds. The van der Waals surface area contributed by atoms with Gasteiger partial charge in [0, 0.05) is 23.8 Å². The number of nitrogens with zero attached hydrogens (tertiary/aromatic N) is 1. The van der Waals surface area contributed by atoms with Crippen molar-refractivity contribution in [3.05, 3.63) is 52.1 Å². The predicted octanol–water partition coefficient (Wildman–Crippen LogP) is 2.91. The quantitative estimate of drug-likeness (QED) is 0.568. The average Bonchev–Trinajstić information content (AvgIpc) is 2.83. The fourth-order valence-electron chi connectivity index (χ4n) is 2.48. The number of fused-ring (bicyclic) bond motifs is 3. The fourth-order valence-corrected chi connectivity index (χ4v) is 2.48. The number of benzene rings is 2. The largest absolute Gasteiger partial charge is 0.456 e. The molecule has 0 saturated heterocycles. The van der Waals surface area contributed by atoms with Crippen molar-refractivity contribution in [1.29, 1.82) is 0 Å². The maximum Gasteiger partial charge on any atom is 0.278 e. The van der Waals surface area contributed by atoms with Crippen LogP contribution in [-0.4, -0.2) is 21.7 Å². The molecule has 0 aliphatic heterocycles. The summed E-state index contributed by atoms with van der Waals surface area (Å²) in [6.45, 7) is -0.248. The summed E-state index contributed by atoms with van der Waals surface area (Å²) in [7, 11) is 0. The van der Waals surface area contributed by atoms with Gasteiger partial charge in [-0.1, -0.05) is 18.2 Å². The van der Waals surface area contributed by atoms with Gasteiger partial charge in [0.1, 0.15) is 11.2 Å². The number of aliphatic hydroxyl groups is 2. The van der Waals surface area contributed by atoms with Crippen molar-refractivity contribution in [1.82, 2.24) is 0 Å². The number of hydrogen-bond donors (Lipinski definition) is 2. The Labute approximate surface area is 119 Å². The number of nitro benzene ring substituents is 1. The molecule has 108 valence electrons. The first-order chi connectivity index (χ1) is 10.1. The Hall–Kier alpha value is -2.44. The third kappa shape index (κ3) is 2.24. The van der Waals surface area contributed by atoms with Gasteiger partial charge in [-0.15, -0.1) is 0 Å². The number of para-hydroxylation sites is 1. The van der Waals surface area contributed by atoms with Crippen LogP contribution in [0.1, 0.15) is 18.1 Å². The van der Waals surface area contributed by atoms with Crippen LogP contribution in [0.3, 0.4) is 0 Å². The van der Waals surface area contributed by atoms with Gasteiger partial charge < -0.3 is 14.6 Å².